The van der Waals surface area contributed by atoms with Crippen LogP contribution < -0.4 is 4.90 Å². The van der Waals surface area contributed by atoms with Crippen LogP contribution in [0.15, 0.2) is 42.0 Å². The first-order chi connectivity index (χ1) is 13.3. The van der Waals surface area contributed by atoms with E-state index in [1.807, 2.05) is 11.0 Å². The number of piperidine rings is 1. The zero-order valence-electron chi connectivity index (χ0n) is 14.6. The molecule has 2 aromatic rings. The molecule has 0 atom stereocenters. The molecule has 6 nitrogen and oxygen atoms in total. The molecule has 1 saturated heterocycles. The topological polar surface area (TPSA) is 90.1 Å². The van der Waals surface area contributed by atoms with Gasteiger partial charge in [0, 0.05) is 18.7 Å². The Bertz CT molecular complexity index is 952. The molecule has 9 heteroatoms. The lowest BCUT2D eigenvalue weighted by atomic mass is 9.91. The van der Waals surface area contributed by atoms with E-state index in [4.69, 9.17) is 5.11 Å². The van der Waals surface area contributed by atoms with E-state index in [1.54, 1.807) is 0 Å². The molecule has 1 fully saturated rings. The molecule has 3 rings (SSSR count). The predicted octanol–water partition coefficient (Wildman–Crippen LogP) is 3.77. The van der Waals surface area contributed by atoms with E-state index < -0.39 is 17.7 Å². The molecule has 1 N–H and O–H groups in total. The number of benzene rings is 1. The maximum absolute atomic E-state index is 13.3. The van der Waals surface area contributed by atoms with Crippen LogP contribution >= 0.6 is 0 Å². The largest absolute Gasteiger partial charge is 0.476 e. The number of rotatable bonds is 3. The summed E-state index contributed by atoms with van der Waals surface area (Å²) in [4.78, 5) is 12.7. The predicted molar refractivity (Wildman–Crippen MR) is 94.4 cm³/mol. The molecular formula is C19H15F3N4O2. The number of nitriles is 1. The Balaban J connectivity index is 1.84. The van der Waals surface area contributed by atoms with Gasteiger partial charge in [0.2, 0.25) is 0 Å². The fraction of sp³-hybridized carbons (Fsp3) is 0.263. The van der Waals surface area contributed by atoms with Crippen molar-refractivity contribution in [2.45, 2.75) is 19.0 Å². The average Bonchev–Trinajstić information content (AvgIpc) is 2.69. The highest BCUT2D eigenvalue weighted by Gasteiger charge is 2.34. The van der Waals surface area contributed by atoms with E-state index in [2.05, 4.69) is 10.2 Å². The number of halogens is 3. The number of alkyl halides is 3. The highest BCUT2D eigenvalue weighted by Crippen LogP contribution is 2.37. The number of anilines is 1. The molecule has 28 heavy (non-hydrogen) atoms. The SMILES string of the molecule is N#CC(=C1CCN(c2ccc(C(=O)O)nn2)CC1)c1ccccc1C(F)(F)F. The Kier molecular flexibility index (Phi) is 5.31. The zero-order chi connectivity index (χ0) is 20.3. The Morgan fingerprint density at radius 1 is 1.11 bits per heavy atom. The maximum atomic E-state index is 13.3. The average molecular weight is 388 g/mol. The van der Waals surface area contributed by atoms with Gasteiger partial charge in [0.05, 0.1) is 17.2 Å². The van der Waals surface area contributed by atoms with Crippen molar-refractivity contribution in [3.63, 3.8) is 0 Å². The molecule has 144 valence electrons. The molecule has 0 radical (unpaired) electrons. The van der Waals surface area contributed by atoms with Crippen molar-refractivity contribution in [1.82, 2.24) is 10.2 Å². The van der Waals surface area contributed by atoms with E-state index >= 15 is 0 Å². The van der Waals surface area contributed by atoms with Crippen molar-refractivity contribution >= 4 is 17.4 Å². The Morgan fingerprint density at radius 3 is 2.32 bits per heavy atom. The van der Waals surface area contributed by atoms with Crippen LogP contribution in [-0.4, -0.2) is 34.4 Å². The number of hydrogen-bond donors (Lipinski definition) is 1. The number of allylic oxidation sites excluding steroid dienone is 1. The molecular weight excluding hydrogens is 373 g/mol. The standard InChI is InChI=1S/C19H15F3N4O2/c20-19(21,22)15-4-2-1-3-13(15)14(11-23)12-7-9-26(10-8-12)17-6-5-16(18(27)28)24-25-17/h1-6H,7-10H2,(H,27,28). The third-order valence-electron chi connectivity index (χ3n) is 4.53. The molecule has 1 aromatic heterocycles. The van der Waals surface area contributed by atoms with Gasteiger partial charge >= 0.3 is 12.1 Å². The normalized spacial score (nSPS) is 14.5. The summed E-state index contributed by atoms with van der Waals surface area (Å²) in [6.07, 6.45) is -3.74. The van der Waals surface area contributed by atoms with Gasteiger partial charge in [0.1, 0.15) is 0 Å². The lowest BCUT2D eigenvalue weighted by Gasteiger charge is -2.30. The Hall–Kier alpha value is -3.41. The summed E-state index contributed by atoms with van der Waals surface area (Å²) in [5.74, 6) is -0.692. The van der Waals surface area contributed by atoms with Gasteiger partial charge in [-0.3, -0.25) is 0 Å². The second kappa shape index (κ2) is 7.68. The van der Waals surface area contributed by atoms with Crippen LogP contribution in [0.2, 0.25) is 0 Å². The van der Waals surface area contributed by atoms with Gasteiger partial charge in [-0.05, 0) is 36.6 Å². The van der Waals surface area contributed by atoms with Gasteiger partial charge in [-0.15, -0.1) is 10.2 Å². The molecule has 0 saturated carbocycles. The summed E-state index contributed by atoms with van der Waals surface area (Å²) >= 11 is 0. The van der Waals surface area contributed by atoms with E-state index in [1.165, 1.54) is 30.3 Å². The van der Waals surface area contributed by atoms with Crippen LogP contribution in [0.5, 0.6) is 0 Å². The van der Waals surface area contributed by atoms with Crippen molar-refractivity contribution < 1.29 is 23.1 Å². The number of carboxylic acids is 1. The summed E-state index contributed by atoms with van der Waals surface area (Å²) in [5.41, 5.74) is -0.384. The van der Waals surface area contributed by atoms with Crippen LogP contribution in [-0.2, 0) is 6.18 Å². The fourth-order valence-corrected chi connectivity index (χ4v) is 3.14. The molecule has 0 unspecified atom stereocenters. The molecule has 0 spiro atoms. The van der Waals surface area contributed by atoms with Crippen molar-refractivity contribution in [2.24, 2.45) is 0 Å². The lowest BCUT2D eigenvalue weighted by Crippen LogP contribution is -2.32. The first kappa shape index (κ1) is 19.4. The van der Waals surface area contributed by atoms with E-state index in [0.29, 0.717) is 37.3 Å². The number of aromatic carboxylic acids is 1. The molecule has 2 heterocycles. The minimum absolute atomic E-state index is 0.0554. The minimum Gasteiger partial charge on any atom is -0.476 e. The van der Waals surface area contributed by atoms with Gasteiger partial charge in [0.25, 0.3) is 0 Å². The number of nitrogens with zero attached hydrogens (tertiary/aromatic N) is 4. The fourth-order valence-electron chi connectivity index (χ4n) is 3.14. The summed E-state index contributed by atoms with van der Waals surface area (Å²) < 4.78 is 39.9. The number of hydrogen-bond acceptors (Lipinski definition) is 5. The van der Waals surface area contributed by atoms with Gasteiger partial charge in [-0.2, -0.15) is 18.4 Å². The highest BCUT2D eigenvalue weighted by molar-refractivity contribution is 5.85. The number of carbonyl (C=O) groups is 1. The Morgan fingerprint density at radius 2 is 1.79 bits per heavy atom. The van der Waals surface area contributed by atoms with Gasteiger partial charge in [-0.1, -0.05) is 18.2 Å². The number of carboxylic acid groups (broad SMARTS) is 1. The van der Waals surface area contributed by atoms with Crippen molar-refractivity contribution in [2.75, 3.05) is 18.0 Å². The lowest BCUT2D eigenvalue weighted by molar-refractivity contribution is -0.137. The zero-order valence-corrected chi connectivity index (χ0v) is 14.6. The first-order valence-electron chi connectivity index (χ1n) is 8.42. The van der Waals surface area contributed by atoms with Gasteiger partial charge in [0.15, 0.2) is 11.5 Å². The molecule has 1 aliphatic rings. The molecule has 0 bridgehead atoms. The molecule has 1 aliphatic heterocycles. The monoisotopic (exact) mass is 388 g/mol. The second-order valence-corrected chi connectivity index (χ2v) is 6.20. The maximum Gasteiger partial charge on any atom is 0.417 e. The summed E-state index contributed by atoms with van der Waals surface area (Å²) in [5, 5.41) is 25.9. The Labute approximate surface area is 158 Å². The van der Waals surface area contributed by atoms with E-state index in [9.17, 15) is 23.2 Å². The van der Waals surface area contributed by atoms with Crippen LogP contribution in [0.4, 0.5) is 19.0 Å². The number of aromatic nitrogens is 2. The minimum atomic E-state index is -4.54. The van der Waals surface area contributed by atoms with Gasteiger partial charge < -0.3 is 10.0 Å². The highest BCUT2D eigenvalue weighted by atomic mass is 19.4. The van der Waals surface area contributed by atoms with Gasteiger partial charge in [-0.25, -0.2) is 4.79 Å². The third-order valence-corrected chi connectivity index (χ3v) is 4.53. The summed E-state index contributed by atoms with van der Waals surface area (Å²) in [6.45, 7) is 0.881. The van der Waals surface area contributed by atoms with Crippen LogP contribution in [0.3, 0.4) is 0 Å². The molecule has 1 aromatic carbocycles. The van der Waals surface area contributed by atoms with Crippen LogP contribution in [0.25, 0.3) is 5.57 Å². The second-order valence-electron chi connectivity index (χ2n) is 6.20. The smallest absolute Gasteiger partial charge is 0.417 e. The van der Waals surface area contributed by atoms with Crippen molar-refractivity contribution in [1.29, 1.82) is 5.26 Å². The van der Waals surface area contributed by atoms with Crippen molar-refractivity contribution in [3.05, 3.63) is 58.8 Å². The first-order valence-corrected chi connectivity index (χ1v) is 8.42. The quantitative estimate of drug-likeness (QED) is 0.805. The van der Waals surface area contributed by atoms with E-state index in [-0.39, 0.29) is 16.8 Å². The molecule has 0 amide bonds. The van der Waals surface area contributed by atoms with E-state index in [0.717, 1.165) is 6.07 Å². The molecule has 0 aliphatic carbocycles. The van der Waals surface area contributed by atoms with Crippen LogP contribution in [0, 0.1) is 11.3 Å². The summed E-state index contributed by atoms with van der Waals surface area (Å²) in [6, 6.07) is 9.90. The summed E-state index contributed by atoms with van der Waals surface area (Å²) in [7, 11) is 0. The van der Waals surface area contributed by atoms with Crippen molar-refractivity contribution in [3.8, 4) is 6.07 Å². The van der Waals surface area contributed by atoms with Crippen LogP contribution in [0.1, 0.15) is 34.5 Å². The third kappa shape index (κ3) is 3.96.